The highest BCUT2D eigenvalue weighted by Crippen LogP contribution is 2.20. The molecule has 7 heteroatoms. The molecule has 0 spiro atoms. The van der Waals surface area contributed by atoms with Crippen molar-refractivity contribution in [3.05, 3.63) is 65.6 Å². The Morgan fingerprint density at radius 2 is 1.93 bits per heavy atom. The molecule has 6 nitrogen and oxygen atoms in total. The molecule has 0 radical (unpaired) electrons. The third-order valence-electron chi connectivity index (χ3n) is 4.41. The van der Waals surface area contributed by atoms with Crippen molar-refractivity contribution < 1.29 is 9.18 Å². The SMILES string of the molecule is CC(C)(N)C(=O)N[C@H](CCc1ccccc1)c1nnc2ccc(CF)cn12. The highest BCUT2D eigenvalue weighted by molar-refractivity contribution is 5.85. The maximum absolute atomic E-state index is 13.1. The van der Waals surface area contributed by atoms with Gasteiger partial charge in [-0.3, -0.25) is 9.20 Å². The lowest BCUT2D eigenvalue weighted by molar-refractivity contribution is -0.126. The summed E-state index contributed by atoms with van der Waals surface area (Å²) in [5.41, 5.74) is 7.21. The molecule has 3 aromatic rings. The van der Waals surface area contributed by atoms with Gasteiger partial charge in [0.05, 0.1) is 11.6 Å². The Morgan fingerprint density at radius 3 is 2.59 bits per heavy atom. The summed E-state index contributed by atoms with van der Waals surface area (Å²) >= 11 is 0. The number of nitrogens with one attached hydrogen (secondary N) is 1. The number of aromatic nitrogens is 3. The van der Waals surface area contributed by atoms with Crippen LogP contribution in [0.2, 0.25) is 0 Å². The third kappa shape index (κ3) is 4.49. The third-order valence-corrected chi connectivity index (χ3v) is 4.41. The van der Waals surface area contributed by atoms with E-state index in [0.29, 0.717) is 23.5 Å². The number of aryl methyl sites for hydroxylation is 1. The second kappa shape index (κ2) is 7.84. The van der Waals surface area contributed by atoms with Gasteiger partial charge < -0.3 is 11.1 Å². The summed E-state index contributed by atoms with van der Waals surface area (Å²) < 4.78 is 14.8. The topological polar surface area (TPSA) is 85.3 Å². The lowest BCUT2D eigenvalue weighted by Crippen LogP contribution is -2.50. The minimum Gasteiger partial charge on any atom is -0.344 e. The van der Waals surface area contributed by atoms with Gasteiger partial charge in [-0.05, 0) is 43.9 Å². The van der Waals surface area contributed by atoms with Crippen molar-refractivity contribution in [1.82, 2.24) is 19.9 Å². The molecule has 3 N–H and O–H groups in total. The van der Waals surface area contributed by atoms with Crippen LogP contribution in [0.15, 0.2) is 48.7 Å². The van der Waals surface area contributed by atoms with Crippen molar-refractivity contribution in [2.75, 3.05) is 0 Å². The molecule has 0 aliphatic heterocycles. The predicted octanol–water partition coefficient (Wildman–Crippen LogP) is 2.73. The fraction of sp³-hybridized carbons (Fsp3) is 0.350. The number of hydrogen-bond donors (Lipinski definition) is 2. The maximum atomic E-state index is 13.1. The summed E-state index contributed by atoms with van der Waals surface area (Å²) in [7, 11) is 0. The number of fused-ring (bicyclic) bond motifs is 1. The Bertz CT molecular complexity index is 917. The van der Waals surface area contributed by atoms with E-state index in [4.69, 9.17) is 5.73 Å². The predicted molar refractivity (Wildman–Crippen MR) is 102 cm³/mol. The van der Waals surface area contributed by atoms with E-state index in [1.54, 1.807) is 36.6 Å². The first-order chi connectivity index (χ1) is 12.9. The molecule has 0 unspecified atom stereocenters. The molecule has 0 saturated heterocycles. The van der Waals surface area contributed by atoms with Crippen molar-refractivity contribution in [3.63, 3.8) is 0 Å². The highest BCUT2D eigenvalue weighted by Gasteiger charge is 2.27. The van der Waals surface area contributed by atoms with Gasteiger partial charge in [-0.2, -0.15) is 0 Å². The van der Waals surface area contributed by atoms with Crippen LogP contribution in [-0.2, 0) is 17.9 Å². The molecule has 1 aromatic carbocycles. The number of hydrogen-bond acceptors (Lipinski definition) is 4. The summed E-state index contributed by atoms with van der Waals surface area (Å²) in [6.45, 7) is 2.73. The van der Waals surface area contributed by atoms with Gasteiger partial charge in [0, 0.05) is 6.20 Å². The van der Waals surface area contributed by atoms with E-state index in [9.17, 15) is 9.18 Å². The van der Waals surface area contributed by atoms with E-state index in [1.807, 2.05) is 30.3 Å². The summed E-state index contributed by atoms with van der Waals surface area (Å²) in [6, 6.07) is 13.0. The summed E-state index contributed by atoms with van der Waals surface area (Å²) in [4.78, 5) is 12.5. The van der Waals surface area contributed by atoms with Gasteiger partial charge in [0.25, 0.3) is 0 Å². The largest absolute Gasteiger partial charge is 0.344 e. The Balaban J connectivity index is 1.92. The van der Waals surface area contributed by atoms with Crippen LogP contribution in [0.25, 0.3) is 5.65 Å². The first-order valence-corrected chi connectivity index (χ1v) is 8.92. The van der Waals surface area contributed by atoms with Crippen LogP contribution in [0.1, 0.15) is 43.3 Å². The fourth-order valence-electron chi connectivity index (χ4n) is 2.83. The van der Waals surface area contributed by atoms with Crippen molar-refractivity contribution in [2.24, 2.45) is 5.73 Å². The summed E-state index contributed by atoms with van der Waals surface area (Å²) in [6.07, 6.45) is 3.03. The molecule has 1 atom stereocenters. The van der Waals surface area contributed by atoms with Crippen molar-refractivity contribution in [3.8, 4) is 0 Å². The zero-order chi connectivity index (χ0) is 19.4. The van der Waals surface area contributed by atoms with Gasteiger partial charge in [0.1, 0.15) is 6.67 Å². The maximum Gasteiger partial charge on any atom is 0.240 e. The smallest absolute Gasteiger partial charge is 0.240 e. The van der Waals surface area contributed by atoms with Crippen molar-refractivity contribution in [1.29, 1.82) is 0 Å². The number of nitrogens with zero attached hydrogens (tertiary/aromatic N) is 3. The van der Waals surface area contributed by atoms with Gasteiger partial charge in [-0.15, -0.1) is 10.2 Å². The van der Waals surface area contributed by atoms with Crippen LogP contribution in [0.5, 0.6) is 0 Å². The van der Waals surface area contributed by atoms with E-state index in [1.165, 1.54) is 0 Å². The molecular formula is C20H24FN5O. The van der Waals surface area contributed by atoms with Gasteiger partial charge in [0.15, 0.2) is 11.5 Å². The number of halogens is 1. The van der Waals surface area contributed by atoms with Crippen molar-refractivity contribution >= 4 is 11.6 Å². The number of carbonyl (C=O) groups is 1. The number of nitrogens with two attached hydrogens (primary N) is 1. The van der Waals surface area contributed by atoms with Gasteiger partial charge in [-0.1, -0.05) is 36.4 Å². The number of carbonyl (C=O) groups excluding carboxylic acids is 1. The molecule has 1 amide bonds. The van der Waals surface area contributed by atoms with Crippen LogP contribution in [0.4, 0.5) is 4.39 Å². The summed E-state index contributed by atoms with van der Waals surface area (Å²) in [5.74, 6) is 0.285. The average Bonchev–Trinajstić information content (AvgIpc) is 3.08. The second-order valence-electron chi connectivity index (χ2n) is 7.23. The molecular weight excluding hydrogens is 345 g/mol. The molecule has 0 aliphatic rings. The molecule has 0 saturated carbocycles. The standard InChI is InChI=1S/C20H24FN5O/c1-20(2,22)19(27)23-16(10-8-14-6-4-3-5-7-14)18-25-24-17-11-9-15(12-21)13-26(17)18/h3-7,9,11,13,16H,8,10,12,22H2,1-2H3,(H,23,27)/t16-/m1/s1. The molecule has 2 heterocycles. The lowest BCUT2D eigenvalue weighted by Gasteiger charge is -2.23. The highest BCUT2D eigenvalue weighted by atomic mass is 19.1. The minimum atomic E-state index is -1.02. The minimum absolute atomic E-state index is 0.279. The first-order valence-electron chi connectivity index (χ1n) is 8.92. The molecule has 0 fully saturated rings. The van der Waals surface area contributed by atoms with Crippen LogP contribution in [0, 0.1) is 0 Å². The number of alkyl halides is 1. The molecule has 0 aliphatic carbocycles. The van der Waals surface area contributed by atoms with Gasteiger partial charge in [-0.25, -0.2) is 4.39 Å². The Kier molecular flexibility index (Phi) is 5.51. The Hall–Kier alpha value is -2.80. The second-order valence-corrected chi connectivity index (χ2v) is 7.23. The van der Waals surface area contributed by atoms with Gasteiger partial charge in [0.2, 0.25) is 5.91 Å². The molecule has 0 bridgehead atoms. The molecule has 142 valence electrons. The van der Waals surface area contributed by atoms with Gasteiger partial charge >= 0.3 is 0 Å². The number of pyridine rings is 1. The normalized spacial score (nSPS) is 12.9. The zero-order valence-corrected chi connectivity index (χ0v) is 15.5. The average molecular weight is 369 g/mol. The number of amides is 1. The fourth-order valence-corrected chi connectivity index (χ4v) is 2.83. The van der Waals surface area contributed by atoms with Crippen LogP contribution in [0.3, 0.4) is 0 Å². The van der Waals surface area contributed by atoms with Crippen molar-refractivity contribution in [2.45, 2.75) is 44.9 Å². The Morgan fingerprint density at radius 1 is 1.19 bits per heavy atom. The van der Waals surface area contributed by atoms with E-state index in [0.717, 1.165) is 12.0 Å². The summed E-state index contributed by atoms with van der Waals surface area (Å²) in [5, 5.41) is 11.4. The first kappa shape index (κ1) is 19.0. The molecule has 27 heavy (non-hydrogen) atoms. The molecule has 2 aromatic heterocycles. The van der Waals surface area contributed by atoms with Crippen LogP contribution in [-0.4, -0.2) is 26.0 Å². The number of rotatable bonds is 7. The van der Waals surface area contributed by atoms with E-state index >= 15 is 0 Å². The Labute approximate surface area is 157 Å². The van der Waals surface area contributed by atoms with Crippen LogP contribution >= 0.6 is 0 Å². The quantitative estimate of drug-likeness (QED) is 0.671. The van der Waals surface area contributed by atoms with E-state index < -0.39 is 18.3 Å². The van der Waals surface area contributed by atoms with E-state index in [2.05, 4.69) is 15.5 Å². The van der Waals surface area contributed by atoms with E-state index in [-0.39, 0.29) is 5.91 Å². The monoisotopic (exact) mass is 369 g/mol. The lowest BCUT2D eigenvalue weighted by atomic mass is 10.0. The van der Waals surface area contributed by atoms with Crippen LogP contribution < -0.4 is 11.1 Å². The zero-order valence-electron chi connectivity index (χ0n) is 15.5. The molecule has 3 rings (SSSR count). The number of benzene rings is 1.